The second-order valence-electron chi connectivity index (χ2n) is 4.61. The summed E-state index contributed by atoms with van der Waals surface area (Å²) in [5.74, 6) is -0.576. The third-order valence-electron chi connectivity index (χ3n) is 3.04. The standard InChI is InChI=1S/C13H15F6NO2/c1-22-10-6-7(12(14,15)16)5-8(13(17,18)19)11(10)9(20)3-2-4-21/h5-6,9,21H,2-4,20H2,1H3/t9-/m0/s1. The number of nitrogens with two attached hydrogens (primary N) is 1. The predicted molar refractivity (Wildman–Crippen MR) is 66.2 cm³/mol. The fourth-order valence-corrected chi connectivity index (χ4v) is 2.03. The van der Waals surface area contributed by atoms with E-state index in [2.05, 4.69) is 4.74 Å². The van der Waals surface area contributed by atoms with E-state index < -0.39 is 40.8 Å². The number of rotatable bonds is 5. The molecule has 0 amide bonds. The molecule has 0 spiro atoms. The molecule has 3 N–H and O–H groups in total. The topological polar surface area (TPSA) is 55.5 Å². The van der Waals surface area contributed by atoms with Gasteiger partial charge in [0.1, 0.15) is 5.75 Å². The zero-order chi connectivity index (χ0) is 17.1. The number of halogens is 6. The van der Waals surface area contributed by atoms with E-state index in [0.717, 1.165) is 7.11 Å². The second-order valence-corrected chi connectivity index (χ2v) is 4.61. The minimum absolute atomic E-state index is 0.0245. The Bertz CT molecular complexity index is 512. The molecule has 0 radical (unpaired) electrons. The van der Waals surface area contributed by atoms with Gasteiger partial charge in [0, 0.05) is 18.2 Å². The van der Waals surface area contributed by atoms with Crippen LogP contribution in [0.2, 0.25) is 0 Å². The first-order valence-electron chi connectivity index (χ1n) is 6.25. The quantitative estimate of drug-likeness (QED) is 0.812. The molecule has 0 aliphatic rings. The summed E-state index contributed by atoms with van der Waals surface area (Å²) in [4.78, 5) is 0. The summed E-state index contributed by atoms with van der Waals surface area (Å²) in [6, 6.07) is -0.693. The Labute approximate surface area is 122 Å². The van der Waals surface area contributed by atoms with Gasteiger partial charge < -0.3 is 15.6 Å². The van der Waals surface area contributed by atoms with Gasteiger partial charge in [-0.3, -0.25) is 0 Å². The molecule has 1 atom stereocenters. The van der Waals surface area contributed by atoms with Crippen LogP contribution in [-0.2, 0) is 12.4 Å². The normalized spacial score (nSPS) is 14.0. The molecule has 9 heteroatoms. The van der Waals surface area contributed by atoms with Gasteiger partial charge >= 0.3 is 12.4 Å². The number of aliphatic hydroxyl groups is 1. The zero-order valence-electron chi connectivity index (χ0n) is 11.6. The molecule has 0 bridgehead atoms. The molecule has 0 saturated heterocycles. The van der Waals surface area contributed by atoms with Crippen LogP contribution in [0.5, 0.6) is 5.75 Å². The molecule has 0 fully saturated rings. The first kappa shape index (κ1) is 18.6. The van der Waals surface area contributed by atoms with Crippen molar-refractivity contribution in [1.82, 2.24) is 0 Å². The van der Waals surface area contributed by atoms with Crippen LogP contribution in [0.3, 0.4) is 0 Å². The lowest BCUT2D eigenvalue weighted by Crippen LogP contribution is -2.21. The number of hydrogen-bond donors (Lipinski definition) is 2. The average molecular weight is 331 g/mol. The fraction of sp³-hybridized carbons (Fsp3) is 0.538. The first-order chi connectivity index (χ1) is 10.0. The molecule has 22 heavy (non-hydrogen) atoms. The van der Waals surface area contributed by atoms with Crippen molar-refractivity contribution in [2.45, 2.75) is 31.2 Å². The number of aliphatic hydroxyl groups excluding tert-OH is 1. The molecule has 3 nitrogen and oxygen atoms in total. The number of alkyl halides is 6. The van der Waals surface area contributed by atoms with E-state index in [9.17, 15) is 26.3 Å². The van der Waals surface area contributed by atoms with Gasteiger partial charge in [0.2, 0.25) is 0 Å². The third kappa shape index (κ3) is 4.26. The molecule has 0 aromatic heterocycles. The Kier molecular flexibility index (Phi) is 5.69. The van der Waals surface area contributed by atoms with Crippen LogP contribution in [0, 0.1) is 0 Å². The molecule has 0 aliphatic heterocycles. The molecule has 0 saturated carbocycles. The molecule has 1 aromatic carbocycles. The highest BCUT2D eigenvalue weighted by Crippen LogP contribution is 2.43. The van der Waals surface area contributed by atoms with E-state index in [1.165, 1.54) is 0 Å². The van der Waals surface area contributed by atoms with Crippen molar-refractivity contribution in [1.29, 1.82) is 0 Å². The van der Waals surface area contributed by atoms with E-state index in [-0.39, 0.29) is 25.5 Å². The second kappa shape index (κ2) is 6.74. The highest BCUT2D eigenvalue weighted by molar-refractivity contribution is 5.48. The predicted octanol–water partition coefficient (Wildman–Crippen LogP) is 3.51. The van der Waals surface area contributed by atoms with Crippen molar-refractivity contribution in [3.05, 3.63) is 28.8 Å². The largest absolute Gasteiger partial charge is 0.496 e. The summed E-state index contributed by atoms with van der Waals surface area (Å²) in [6.07, 6.45) is -9.87. The van der Waals surface area contributed by atoms with Gasteiger partial charge in [0.25, 0.3) is 0 Å². The maximum atomic E-state index is 13.1. The number of ether oxygens (including phenoxy) is 1. The molecule has 0 heterocycles. The zero-order valence-corrected chi connectivity index (χ0v) is 11.6. The van der Waals surface area contributed by atoms with Crippen molar-refractivity contribution in [3.8, 4) is 5.75 Å². The highest BCUT2D eigenvalue weighted by Gasteiger charge is 2.40. The van der Waals surface area contributed by atoms with Crippen LogP contribution in [0.4, 0.5) is 26.3 Å². The lowest BCUT2D eigenvalue weighted by molar-refractivity contribution is -0.143. The molecular weight excluding hydrogens is 316 g/mol. The summed E-state index contributed by atoms with van der Waals surface area (Å²) >= 11 is 0. The van der Waals surface area contributed by atoms with E-state index in [4.69, 9.17) is 10.8 Å². The highest BCUT2D eigenvalue weighted by atomic mass is 19.4. The molecule has 0 aliphatic carbocycles. The van der Waals surface area contributed by atoms with Gasteiger partial charge in [-0.25, -0.2) is 0 Å². The summed E-state index contributed by atoms with van der Waals surface area (Å²) in [7, 11) is 0.970. The van der Waals surface area contributed by atoms with Gasteiger partial charge in [0.15, 0.2) is 0 Å². The van der Waals surface area contributed by atoms with Crippen molar-refractivity contribution in [2.75, 3.05) is 13.7 Å². The van der Waals surface area contributed by atoms with Gasteiger partial charge in [-0.05, 0) is 25.0 Å². The average Bonchev–Trinajstić information content (AvgIpc) is 2.41. The van der Waals surface area contributed by atoms with Gasteiger partial charge in [0.05, 0.1) is 18.2 Å². The minimum Gasteiger partial charge on any atom is -0.496 e. The third-order valence-corrected chi connectivity index (χ3v) is 3.04. The number of methoxy groups -OCH3 is 1. The number of benzene rings is 1. The van der Waals surface area contributed by atoms with Crippen LogP contribution in [0.25, 0.3) is 0 Å². The van der Waals surface area contributed by atoms with Crippen molar-refractivity contribution < 1.29 is 36.2 Å². The minimum atomic E-state index is -5.01. The molecule has 1 aromatic rings. The summed E-state index contributed by atoms with van der Waals surface area (Å²) < 4.78 is 82.1. The van der Waals surface area contributed by atoms with Crippen molar-refractivity contribution >= 4 is 0 Å². The summed E-state index contributed by atoms with van der Waals surface area (Å²) in [5, 5.41) is 8.71. The van der Waals surface area contributed by atoms with Crippen LogP contribution in [0.15, 0.2) is 12.1 Å². The lowest BCUT2D eigenvalue weighted by atomic mass is 9.93. The van der Waals surface area contributed by atoms with Crippen molar-refractivity contribution in [3.63, 3.8) is 0 Å². The Morgan fingerprint density at radius 3 is 2.14 bits per heavy atom. The molecular formula is C13H15F6NO2. The monoisotopic (exact) mass is 331 g/mol. The first-order valence-corrected chi connectivity index (χ1v) is 6.25. The van der Waals surface area contributed by atoms with Crippen molar-refractivity contribution in [2.24, 2.45) is 5.73 Å². The lowest BCUT2D eigenvalue weighted by Gasteiger charge is -2.23. The molecule has 1 rings (SSSR count). The Morgan fingerprint density at radius 2 is 1.73 bits per heavy atom. The number of hydrogen-bond acceptors (Lipinski definition) is 3. The van der Waals surface area contributed by atoms with E-state index in [0.29, 0.717) is 6.07 Å². The summed E-state index contributed by atoms with van der Waals surface area (Å²) in [5.41, 5.74) is 2.15. The summed E-state index contributed by atoms with van der Waals surface area (Å²) in [6.45, 7) is -0.294. The van der Waals surface area contributed by atoms with Crippen LogP contribution >= 0.6 is 0 Å². The van der Waals surface area contributed by atoms with Gasteiger partial charge in [-0.15, -0.1) is 0 Å². The maximum absolute atomic E-state index is 13.1. The Hall–Kier alpha value is -1.48. The SMILES string of the molecule is COc1cc(C(F)(F)F)cc(C(F)(F)F)c1[C@@H](N)CCCO. The van der Waals surface area contributed by atoms with E-state index >= 15 is 0 Å². The van der Waals surface area contributed by atoms with Gasteiger partial charge in [-0.1, -0.05) is 0 Å². The Morgan fingerprint density at radius 1 is 1.14 bits per heavy atom. The molecule has 126 valence electrons. The maximum Gasteiger partial charge on any atom is 0.416 e. The Balaban J connectivity index is 3.52. The smallest absolute Gasteiger partial charge is 0.416 e. The fourth-order valence-electron chi connectivity index (χ4n) is 2.03. The van der Waals surface area contributed by atoms with Crippen LogP contribution in [0.1, 0.15) is 35.6 Å². The molecule has 0 unspecified atom stereocenters. The van der Waals surface area contributed by atoms with E-state index in [1.54, 1.807) is 0 Å². The van der Waals surface area contributed by atoms with Crippen LogP contribution in [-0.4, -0.2) is 18.8 Å². The van der Waals surface area contributed by atoms with Crippen LogP contribution < -0.4 is 10.5 Å². The van der Waals surface area contributed by atoms with E-state index in [1.807, 2.05) is 0 Å². The van der Waals surface area contributed by atoms with Gasteiger partial charge in [-0.2, -0.15) is 26.3 Å².